The summed E-state index contributed by atoms with van der Waals surface area (Å²) < 4.78 is 103. The zero-order valence-electron chi connectivity index (χ0n) is 13.9. The third-order valence-electron chi connectivity index (χ3n) is 4.55. The quantitative estimate of drug-likeness (QED) is 0.662. The third kappa shape index (κ3) is 3.27. The Morgan fingerprint density at radius 3 is 1.29 bits per heavy atom. The van der Waals surface area contributed by atoms with Crippen LogP contribution in [0.1, 0.15) is 23.0 Å². The number of hydrogen-bond acceptors (Lipinski definition) is 4. The van der Waals surface area contributed by atoms with E-state index in [-0.39, 0.29) is 36.6 Å². The topological polar surface area (TPSA) is 36.9 Å². The molecule has 2 aromatic carbocycles. The van der Waals surface area contributed by atoms with Gasteiger partial charge < -0.3 is 18.9 Å². The highest BCUT2D eigenvalue weighted by atomic mass is 19.4. The molecule has 4 nitrogen and oxygen atoms in total. The summed E-state index contributed by atoms with van der Waals surface area (Å²) in [6.45, 7) is -0.416. The summed E-state index contributed by atoms with van der Waals surface area (Å²) in [5.74, 6) is -5.39. The number of benzene rings is 2. The Hall–Kier alpha value is -2.78. The van der Waals surface area contributed by atoms with E-state index >= 15 is 0 Å². The van der Waals surface area contributed by atoms with E-state index in [1.165, 1.54) is 12.1 Å². The van der Waals surface area contributed by atoms with Crippen molar-refractivity contribution in [2.45, 2.75) is 24.2 Å². The van der Waals surface area contributed by atoms with Gasteiger partial charge in [0, 0.05) is 0 Å². The Morgan fingerprint density at radius 1 is 0.571 bits per heavy atom. The minimum atomic E-state index is -5.18. The molecule has 0 aromatic heterocycles. The molecule has 0 amide bonds. The Morgan fingerprint density at radius 2 is 0.929 bits per heavy atom. The highest BCUT2D eigenvalue weighted by molar-refractivity contribution is 5.49. The van der Waals surface area contributed by atoms with Gasteiger partial charge in [-0.3, -0.25) is 0 Å². The maximum Gasteiger partial charge on any atom is 0.396 e. The van der Waals surface area contributed by atoms with Crippen molar-refractivity contribution >= 4 is 0 Å². The molecule has 150 valence electrons. The second kappa shape index (κ2) is 6.39. The van der Waals surface area contributed by atoms with Crippen molar-refractivity contribution in [3.8, 4) is 23.0 Å². The van der Waals surface area contributed by atoms with Crippen molar-refractivity contribution < 1.29 is 45.3 Å². The molecule has 2 aliphatic rings. The standard InChI is InChI=1S/C18H12F6O4/c19-17(20,21)15(9-1-3-11-13(5-9)27-7-25-11)16(18(22,23)24)10-2-4-12-14(6-10)28-8-26-12/h1-6,15-16H,7-8H2. The van der Waals surface area contributed by atoms with Gasteiger partial charge in [-0.25, -0.2) is 0 Å². The minimum Gasteiger partial charge on any atom is -0.454 e. The number of halogens is 6. The van der Waals surface area contributed by atoms with Crippen molar-refractivity contribution in [1.82, 2.24) is 0 Å². The van der Waals surface area contributed by atoms with E-state index in [0.717, 1.165) is 24.3 Å². The fraction of sp³-hybridized carbons (Fsp3) is 0.333. The van der Waals surface area contributed by atoms with Gasteiger partial charge in [-0.15, -0.1) is 0 Å². The predicted molar refractivity (Wildman–Crippen MR) is 82.7 cm³/mol. The Bertz CT molecular complexity index is 819. The summed E-state index contributed by atoms with van der Waals surface area (Å²) in [4.78, 5) is 0. The Kier molecular flexibility index (Phi) is 4.24. The van der Waals surface area contributed by atoms with Crippen molar-refractivity contribution in [2.75, 3.05) is 13.6 Å². The van der Waals surface area contributed by atoms with Crippen LogP contribution in [0.4, 0.5) is 26.3 Å². The average molecular weight is 406 g/mol. The van der Waals surface area contributed by atoms with Crippen molar-refractivity contribution in [3.63, 3.8) is 0 Å². The molecule has 2 aliphatic heterocycles. The van der Waals surface area contributed by atoms with E-state index < -0.39 is 35.3 Å². The van der Waals surface area contributed by atoms with E-state index in [9.17, 15) is 26.3 Å². The normalized spacial score (nSPS) is 17.5. The van der Waals surface area contributed by atoms with Crippen LogP contribution in [0.15, 0.2) is 36.4 Å². The number of rotatable bonds is 3. The molecule has 2 aromatic rings. The molecular weight excluding hydrogens is 394 g/mol. The smallest absolute Gasteiger partial charge is 0.396 e. The van der Waals surface area contributed by atoms with Gasteiger partial charge in [-0.2, -0.15) is 26.3 Å². The molecule has 0 saturated heterocycles. The largest absolute Gasteiger partial charge is 0.454 e. The highest BCUT2D eigenvalue weighted by Gasteiger charge is 2.56. The van der Waals surface area contributed by atoms with E-state index in [4.69, 9.17) is 18.9 Å². The molecule has 4 rings (SSSR count). The molecule has 0 spiro atoms. The van der Waals surface area contributed by atoms with Crippen LogP contribution < -0.4 is 18.9 Å². The van der Waals surface area contributed by atoms with Gasteiger partial charge in [-0.05, 0) is 35.4 Å². The van der Waals surface area contributed by atoms with Crippen molar-refractivity contribution in [1.29, 1.82) is 0 Å². The zero-order valence-corrected chi connectivity index (χ0v) is 13.9. The van der Waals surface area contributed by atoms with Gasteiger partial charge >= 0.3 is 12.4 Å². The first-order chi connectivity index (χ1) is 13.1. The summed E-state index contributed by atoms with van der Waals surface area (Å²) >= 11 is 0. The minimum absolute atomic E-state index is 0.0293. The molecule has 0 aliphatic carbocycles. The van der Waals surface area contributed by atoms with Crippen LogP contribution >= 0.6 is 0 Å². The van der Waals surface area contributed by atoms with E-state index in [2.05, 4.69) is 0 Å². The molecule has 10 heteroatoms. The maximum atomic E-state index is 13.9. The molecule has 2 heterocycles. The Labute approximate surface area is 154 Å². The van der Waals surface area contributed by atoms with Crippen LogP contribution in [0.3, 0.4) is 0 Å². The van der Waals surface area contributed by atoms with Crippen LogP contribution in [0, 0.1) is 0 Å². The highest BCUT2D eigenvalue weighted by Crippen LogP contribution is 2.54. The number of hydrogen-bond donors (Lipinski definition) is 0. The number of alkyl halides is 6. The van der Waals surface area contributed by atoms with Crippen LogP contribution in [0.2, 0.25) is 0 Å². The van der Waals surface area contributed by atoms with Crippen LogP contribution in [-0.2, 0) is 0 Å². The average Bonchev–Trinajstić information content (AvgIpc) is 3.24. The molecule has 28 heavy (non-hydrogen) atoms. The summed E-state index contributed by atoms with van der Waals surface area (Å²) in [6, 6.07) is 6.15. The molecular formula is C18H12F6O4. The predicted octanol–water partition coefficient (Wildman–Crippen LogP) is 5.14. The Balaban J connectivity index is 1.84. The molecule has 0 N–H and O–H groups in total. The zero-order chi connectivity index (χ0) is 20.1. The number of ether oxygens (including phenoxy) is 4. The van der Waals surface area contributed by atoms with Gasteiger partial charge in [0.25, 0.3) is 0 Å². The van der Waals surface area contributed by atoms with Crippen molar-refractivity contribution in [3.05, 3.63) is 47.5 Å². The van der Waals surface area contributed by atoms with Gasteiger partial charge in [-0.1, -0.05) is 12.1 Å². The molecule has 0 fully saturated rings. The lowest BCUT2D eigenvalue weighted by molar-refractivity contribution is -0.211. The first-order valence-corrected chi connectivity index (χ1v) is 8.07. The van der Waals surface area contributed by atoms with Crippen molar-refractivity contribution in [2.24, 2.45) is 0 Å². The third-order valence-corrected chi connectivity index (χ3v) is 4.55. The van der Waals surface area contributed by atoms with Crippen LogP contribution in [0.5, 0.6) is 23.0 Å². The van der Waals surface area contributed by atoms with Gasteiger partial charge in [0.1, 0.15) is 0 Å². The number of fused-ring (bicyclic) bond motifs is 2. The first kappa shape index (κ1) is 18.6. The lowest BCUT2D eigenvalue weighted by Crippen LogP contribution is -2.35. The SMILES string of the molecule is FC(F)(F)C(c1ccc2c(c1)OCO2)C(c1ccc2c(c1)OCO2)C(F)(F)F. The monoisotopic (exact) mass is 406 g/mol. The second-order valence-electron chi connectivity index (χ2n) is 6.26. The van der Waals surface area contributed by atoms with E-state index in [1.54, 1.807) is 0 Å². The molecule has 0 saturated carbocycles. The van der Waals surface area contributed by atoms with Crippen LogP contribution in [-0.4, -0.2) is 25.9 Å². The first-order valence-electron chi connectivity index (χ1n) is 8.07. The maximum absolute atomic E-state index is 13.9. The van der Waals surface area contributed by atoms with Crippen LogP contribution in [0.25, 0.3) is 0 Å². The summed E-state index contributed by atoms with van der Waals surface area (Å²) in [6.07, 6.45) is -10.4. The molecule has 0 bridgehead atoms. The van der Waals surface area contributed by atoms with E-state index in [1.807, 2.05) is 0 Å². The van der Waals surface area contributed by atoms with E-state index in [0.29, 0.717) is 0 Å². The summed E-state index contributed by atoms with van der Waals surface area (Å²) in [5.41, 5.74) is -1.14. The van der Waals surface area contributed by atoms with Gasteiger partial charge in [0.05, 0.1) is 11.8 Å². The summed E-state index contributed by atoms with van der Waals surface area (Å²) in [5, 5.41) is 0. The fourth-order valence-corrected chi connectivity index (χ4v) is 3.35. The second-order valence-corrected chi connectivity index (χ2v) is 6.26. The molecule has 2 unspecified atom stereocenters. The lowest BCUT2D eigenvalue weighted by atomic mass is 9.80. The summed E-state index contributed by atoms with van der Waals surface area (Å²) in [7, 11) is 0. The molecule has 0 radical (unpaired) electrons. The van der Waals surface area contributed by atoms with Gasteiger partial charge in [0.2, 0.25) is 13.6 Å². The fourth-order valence-electron chi connectivity index (χ4n) is 3.35. The molecule has 2 atom stereocenters. The van der Waals surface area contributed by atoms with Gasteiger partial charge in [0.15, 0.2) is 23.0 Å². The lowest BCUT2D eigenvalue weighted by Gasteiger charge is -2.31.